The molecule has 1 rings (SSSR count). The van der Waals surface area contributed by atoms with Gasteiger partial charge in [-0.25, -0.2) is 0 Å². The molecule has 0 saturated heterocycles. The molecule has 1 aliphatic rings. The second kappa shape index (κ2) is 3.44. The smallest absolute Gasteiger partial charge is 0.326 e. The lowest BCUT2D eigenvalue weighted by Gasteiger charge is -2.14. The Morgan fingerprint density at radius 3 is 2.50 bits per heavy atom. The number of rotatable bonds is 4. The van der Waals surface area contributed by atoms with E-state index in [2.05, 4.69) is 5.32 Å². The first-order chi connectivity index (χ1) is 5.60. The Labute approximate surface area is 73.5 Å². The molecule has 0 aromatic heterocycles. The normalized spacial score (nSPS) is 19.3. The molecule has 0 atom stereocenters. The van der Waals surface area contributed by atoms with Crippen molar-refractivity contribution in [2.45, 2.75) is 32.2 Å². The summed E-state index contributed by atoms with van der Waals surface area (Å²) >= 11 is 0. The van der Waals surface area contributed by atoms with Crippen molar-refractivity contribution < 1.29 is 9.53 Å². The summed E-state index contributed by atoms with van der Waals surface area (Å²) in [6.45, 7) is 4.60. The number of hydrogen-bond donors (Lipinski definition) is 1. The fourth-order valence-electron chi connectivity index (χ4n) is 1.06. The maximum absolute atomic E-state index is 11.4. The highest BCUT2D eigenvalue weighted by atomic mass is 16.5. The lowest BCUT2D eigenvalue weighted by molar-refractivity contribution is -0.148. The zero-order valence-corrected chi connectivity index (χ0v) is 8.02. The van der Waals surface area contributed by atoms with E-state index in [0.717, 1.165) is 12.8 Å². The van der Waals surface area contributed by atoms with Gasteiger partial charge in [0, 0.05) is 0 Å². The molecule has 1 N–H and O–H groups in total. The molecule has 70 valence electrons. The van der Waals surface area contributed by atoms with Crippen molar-refractivity contribution in [1.82, 2.24) is 5.32 Å². The molecule has 0 aromatic rings. The van der Waals surface area contributed by atoms with Crippen LogP contribution in [0.15, 0.2) is 0 Å². The molecule has 0 aromatic carbocycles. The Morgan fingerprint density at radius 1 is 1.58 bits per heavy atom. The summed E-state index contributed by atoms with van der Waals surface area (Å²) in [7, 11) is 1.81. The molecule has 0 radical (unpaired) electrons. The maximum Gasteiger partial charge on any atom is 0.326 e. The number of ether oxygens (including phenoxy) is 1. The van der Waals surface area contributed by atoms with Gasteiger partial charge in [0.05, 0.1) is 6.61 Å². The fraction of sp³-hybridized carbons (Fsp3) is 0.889. The predicted molar refractivity (Wildman–Crippen MR) is 46.8 cm³/mol. The largest absolute Gasteiger partial charge is 0.464 e. The van der Waals surface area contributed by atoms with Gasteiger partial charge < -0.3 is 10.1 Å². The lowest BCUT2D eigenvalue weighted by atomic mass is 10.2. The second-order valence-electron chi connectivity index (χ2n) is 3.82. The van der Waals surface area contributed by atoms with E-state index in [1.165, 1.54) is 0 Å². The zero-order valence-electron chi connectivity index (χ0n) is 8.02. The van der Waals surface area contributed by atoms with Crippen molar-refractivity contribution >= 4 is 5.97 Å². The summed E-state index contributed by atoms with van der Waals surface area (Å²) < 4.78 is 5.12. The van der Waals surface area contributed by atoms with Gasteiger partial charge in [0.1, 0.15) is 5.54 Å². The van der Waals surface area contributed by atoms with Crippen LogP contribution in [-0.2, 0) is 9.53 Å². The van der Waals surface area contributed by atoms with Crippen LogP contribution in [0.4, 0.5) is 0 Å². The standard InChI is InChI=1S/C9H17NO2/c1-7(2)6-12-8(11)9(10-3)4-5-9/h7,10H,4-6H2,1-3H3. The van der Waals surface area contributed by atoms with E-state index in [1.807, 2.05) is 20.9 Å². The first kappa shape index (κ1) is 9.52. The number of hydrogen-bond acceptors (Lipinski definition) is 3. The van der Waals surface area contributed by atoms with E-state index in [1.54, 1.807) is 0 Å². The minimum Gasteiger partial charge on any atom is -0.464 e. The first-order valence-corrected chi connectivity index (χ1v) is 4.47. The van der Waals surface area contributed by atoms with E-state index in [9.17, 15) is 4.79 Å². The van der Waals surface area contributed by atoms with Gasteiger partial charge in [0.25, 0.3) is 0 Å². The van der Waals surface area contributed by atoms with Crippen LogP contribution in [0.5, 0.6) is 0 Å². The van der Waals surface area contributed by atoms with E-state index in [4.69, 9.17) is 4.74 Å². The van der Waals surface area contributed by atoms with Crippen LogP contribution in [0.3, 0.4) is 0 Å². The summed E-state index contributed by atoms with van der Waals surface area (Å²) in [5.74, 6) is 0.334. The quantitative estimate of drug-likeness (QED) is 0.640. The van der Waals surface area contributed by atoms with Crippen LogP contribution in [0.25, 0.3) is 0 Å². The topological polar surface area (TPSA) is 38.3 Å². The van der Waals surface area contributed by atoms with E-state index < -0.39 is 0 Å². The number of likely N-dealkylation sites (N-methyl/N-ethyl adjacent to an activating group) is 1. The van der Waals surface area contributed by atoms with Crippen LogP contribution in [-0.4, -0.2) is 25.2 Å². The molecule has 0 amide bonds. The molecule has 1 aliphatic carbocycles. The molecule has 0 aliphatic heterocycles. The van der Waals surface area contributed by atoms with Gasteiger partial charge in [0.2, 0.25) is 0 Å². The molecule has 1 saturated carbocycles. The second-order valence-corrected chi connectivity index (χ2v) is 3.82. The third-order valence-corrected chi connectivity index (χ3v) is 2.17. The maximum atomic E-state index is 11.4. The monoisotopic (exact) mass is 171 g/mol. The van der Waals surface area contributed by atoms with Crippen LogP contribution < -0.4 is 5.32 Å². The average Bonchev–Trinajstić information content (AvgIpc) is 2.80. The molecule has 12 heavy (non-hydrogen) atoms. The van der Waals surface area contributed by atoms with Crippen LogP contribution in [0.2, 0.25) is 0 Å². The first-order valence-electron chi connectivity index (χ1n) is 4.47. The number of esters is 1. The number of nitrogens with one attached hydrogen (secondary N) is 1. The van der Waals surface area contributed by atoms with Crippen molar-refractivity contribution in [1.29, 1.82) is 0 Å². The molecule has 1 fully saturated rings. The lowest BCUT2D eigenvalue weighted by Crippen LogP contribution is -2.38. The molecule has 0 unspecified atom stereocenters. The van der Waals surface area contributed by atoms with Gasteiger partial charge in [-0.05, 0) is 25.8 Å². The highest BCUT2D eigenvalue weighted by Gasteiger charge is 2.50. The summed E-state index contributed by atoms with van der Waals surface area (Å²) in [5, 5.41) is 3.00. The van der Waals surface area contributed by atoms with Crippen LogP contribution >= 0.6 is 0 Å². The molecule has 3 heteroatoms. The number of carbonyl (C=O) groups excluding carboxylic acids is 1. The molecule has 0 bridgehead atoms. The zero-order chi connectivity index (χ0) is 9.19. The minimum absolute atomic E-state index is 0.0845. The average molecular weight is 171 g/mol. The van der Waals surface area contributed by atoms with Gasteiger partial charge >= 0.3 is 5.97 Å². The number of carbonyl (C=O) groups is 1. The minimum atomic E-state index is -0.325. The van der Waals surface area contributed by atoms with Crippen molar-refractivity contribution in [3.63, 3.8) is 0 Å². The van der Waals surface area contributed by atoms with Crippen LogP contribution in [0, 0.1) is 5.92 Å². The fourth-order valence-corrected chi connectivity index (χ4v) is 1.06. The SMILES string of the molecule is CNC1(C(=O)OCC(C)C)CC1. The van der Waals surface area contributed by atoms with Crippen molar-refractivity contribution in [2.75, 3.05) is 13.7 Å². The Kier molecular flexibility index (Phi) is 2.73. The molecular weight excluding hydrogens is 154 g/mol. The Balaban J connectivity index is 2.29. The van der Waals surface area contributed by atoms with E-state index in [0.29, 0.717) is 12.5 Å². The third kappa shape index (κ3) is 1.97. The van der Waals surface area contributed by atoms with Crippen molar-refractivity contribution in [3.05, 3.63) is 0 Å². The Hall–Kier alpha value is -0.570. The van der Waals surface area contributed by atoms with Gasteiger partial charge in [-0.15, -0.1) is 0 Å². The summed E-state index contributed by atoms with van der Waals surface area (Å²) in [6.07, 6.45) is 1.83. The van der Waals surface area contributed by atoms with Gasteiger partial charge in [0.15, 0.2) is 0 Å². The van der Waals surface area contributed by atoms with Crippen molar-refractivity contribution in [2.24, 2.45) is 5.92 Å². The molecule has 3 nitrogen and oxygen atoms in total. The molecule has 0 spiro atoms. The van der Waals surface area contributed by atoms with E-state index in [-0.39, 0.29) is 11.5 Å². The third-order valence-electron chi connectivity index (χ3n) is 2.17. The van der Waals surface area contributed by atoms with Gasteiger partial charge in [-0.2, -0.15) is 0 Å². The highest BCUT2D eigenvalue weighted by molar-refractivity contribution is 5.84. The van der Waals surface area contributed by atoms with Gasteiger partial charge in [-0.3, -0.25) is 4.79 Å². The van der Waals surface area contributed by atoms with Gasteiger partial charge in [-0.1, -0.05) is 13.8 Å². The van der Waals surface area contributed by atoms with Crippen molar-refractivity contribution in [3.8, 4) is 0 Å². The Morgan fingerprint density at radius 2 is 2.17 bits per heavy atom. The predicted octanol–water partition coefficient (Wildman–Crippen LogP) is 0.938. The Bertz CT molecular complexity index is 173. The van der Waals surface area contributed by atoms with E-state index >= 15 is 0 Å². The highest BCUT2D eigenvalue weighted by Crippen LogP contribution is 2.36. The summed E-state index contributed by atoms with van der Waals surface area (Å²) in [5.41, 5.74) is -0.325. The van der Waals surface area contributed by atoms with Crippen LogP contribution in [0.1, 0.15) is 26.7 Å². The molecule has 0 heterocycles. The molecular formula is C9H17NO2. The summed E-state index contributed by atoms with van der Waals surface area (Å²) in [4.78, 5) is 11.4. The summed E-state index contributed by atoms with van der Waals surface area (Å²) in [6, 6.07) is 0.